The third-order valence-electron chi connectivity index (χ3n) is 6.36. The van der Waals surface area contributed by atoms with Crippen LogP contribution in [-0.2, 0) is 13.1 Å². The minimum absolute atomic E-state index is 0.142. The van der Waals surface area contributed by atoms with Gasteiger partial charge in [0.2, 0.25) is 0 Å². The summed E-state index contributed by atoms with van der Waals surface area (Å²) in [6.45, 7) is 3.44. The average molecular weight is 419 g/mol. The summed E-state index contributed by atoms with van der Waals surface area (Å²) in [7, 11) is 0. The predicted molar refractivity (Wildman–Crippen MR) is 115 cm³/mol. The molecule has 31 heavy (non-hydrogen) atoms. The molecule has 1 saturated heterocycles. The highest BCUT2D eigenvalue weighted by Gasteiger charge is 2.37. The Morgan fingerprint density at radius 3 is 2.65 bits per heavy atom. The van der Waals surface area contributed by atoms with Gasteiger partial charge in [0.1, 0.15) is 18.0 Å². The van der Waals surface area contributed by atoms with E-state index in [1.165, 1.54) is 17.0 Å². The fraction of sp³-hybridized carbons (Fsp3) is 0.292. The number of nitrogens with zero attached hydrogens (tertiary/aromatic N) is 2. The molecule has 2 aliphatic heterocycles. The zero-order valence-electron chi connectivity index (χ0n) is 17.1. The third-order valence-corrected chi connectivity index (χ3v) is 6.36. The van der Waals surface area contributed by atoms with E-state index in [1.807, 2.05) is 22.8 Å². The number of piperidine rings is 1. The molecule has 2 aromatic heterocycles. The lowest BCUT2D eigenvalue weighted by molar-refractivity contribution is -0.924. The Morgan fingerprint density at radius 2 is 1.87 bits per heavy atom. The van der Waals surface area contributed by atoms with Gasteiger partial charge in [-0.3, -0.25) is 14.6 Å². The monoisotopic (exact) mass is 419 g/mol. The van der Waals surface area contributed by atoms with E-state index in [9.17, 15) is 14.0 Å². The maximum atomic E-state index is 13.2. The predicted octanol–water partition coefficient (Wildman–Crippen LogP) is 1.84. The van der Waals surface area contributed by atoms with Crippen molar-refractivity contribution in [1.29, 1.82) is 0 Å². The minimum Gasteiger partial charge on any atom is -0.330 e. The number of carbonyl (C=O) groups is 1. The molecule has 1 unspecified atom stereocenters. The van der Waals surface area contributed by atoms with E-state index in [0.29, 0.717) is 29.6 Å². The highest BCUT2D eigenvalue weighted by Crippen LogP contribution is 2.31. The molecule has 5 rings (SSSR count). The van der Waals surface area contributed by atoms with Gasteiger partial charge in [-0.2, -0.15) is 0 Å². The van der Waals surface area contributed by atoms with E-state index < -0.39 is 0 Å². The zero-order chi connectivity index (χ0) is 21.4. The number of benzene rings is 1. The Bertz CT molecular complexity index is 1160. The van der Waals surface area contributed by atoms with Crippen LogP contribution < -0.4 is 15.8 Å². The summed E-state index contributed by atoms with van der Waals surface area (Å²) in [5.41, 5.74) is 2.80. The van der Waals surface area contributed by atoms with Crippen molar-refractivity contribution in [1.82, 2.24) is 9.55 Å². The van der Waals surface area contributed by atoms with E-state index in [1.54, 1.807) is 30.6 Å². The molecule has 4 heterocycles. The van der Waals surface area contributed by atoms with E-state index in [4.69, 9.17) is 0 Å². The molecule has 2 bridgehead atoms. The third kappa shape index (κ3) is 4.01. The van der Waals surface area contributed by atoms with Crippen LogP contribution in [0.25, 0.3) is 0 Å². The van der Waals surface area contributed by atoms with E-state index in [0.717, 1.165) is 37.3 Å². The van der Waals surface area contributed by atoms with Crippen molar-refractivity contribution in [2.24, 2.45) is 5.92 Å². The first-order valence-corrected chi connectivity index (χ1v) is 10.6. The molecule has 3 atom stereocenters. The first-order chi connectivity index (χ1) is 15.1. The lowest BCUT2D eigenvalue weighted by Crippen LogP contribution is -3.13. The number of anilines is 1. The Morgan fingerprint density at radius 1 is 1.10 bits per heavy atom. The molecule has 1 aromatic carbocycles. The fourth-order valence-corrected chi connectivity index (χ4v) is 5.00. The molecular formula is C24H24FN4O2+. The maximum absolute atomic E-state index is 13.2. The van der Waals surface area contributed by atoms with Crippen molar-refractivity contribution in [3.63, 3.8) is 0 Å². The van der Waals surface area contributed by atoms with Gasteiger partial charge in [-0.05, 0) is 42.8 Å². The van der Waals surface area contributed by atoms with Gasteiger partial charge in [-0.1, -0.05) is 12.1 Å². The number of rotatable bonds is 4. The fourth-order valence-electron chi connectivity index (χ4n) is 5.00. The van der Waals surface area contributed by atoms with Crippen LogP contribution in [-0.4, -0.2) is 28.5 Å². The van der Waals surface area contributed by atoms with Crippen LogP contribution in [0.15, 0.2) is 65.7 Å². The lowest BCUT2D eigenvalue weighted by atomic mass is 9.83. The zero-order valence-corrected chi connectivity index (χ0v) is 17.1. The summed E-state index contributed by atoms with van der Waals surface area (Å²) in [6, 6.07) is 13.7. The van der Waals surface area contributed by atoms with Gasteiger partial charge in [-0.15, -0.1) is 0 Å². The highest BCUT2D eigenvalue weighted by atomic mass is 19.1. The molecule has 2 aliphatic rings. The quantitative estimate of drug-likeness (QED) is 0.678. The maximum Gasteiger partial charge on any atom is 0.274 e. The molecule has 1 amide bonds. The first-order valence-electron chi connectivity index (χ1n) is 10.6. The molecular weight excluding hydrogens is 395 g/mol. The molecule has 158 valence electrons. The molecule has 6 nitrogen and oxygen atoms in total. The van der Waals surface area contributed by atoms with Crippen LogP contribution >= 0.6 is 0 Å². The van der Waals surface area contributed by atoms with E-state index in [-0.39, 0.29) is 17.3 Å². The number of hydrogen-bond acceptors (Lipinski definition) is 3. The first kappa shape index (κ1) is 19.6. The van der Waals surface area contributed by atoms with Crippen LogP contribution in [0.1, 0.15) is 34.0 Å². The molecule has 1 fully saturated rings. The van der Waals surface area contributed by atoms with Crippen molar-refractivity contribution in [2.45, 2.75) is 25.4 Å². The Kier molecular flexibility index (Phi) is 5.11. The summed E-state index contributed by atoms with van der Waals surface area (Å²) >= 11 is 0. The minimum atomic E-state index is -0.314. The van der Waals surface area contributed by atoms with Crippen LogP contribution in [0.3, 0.4) is 0 Å². The number of amides is 1. The standard InChI is InChI=1S/C24H23FN4O2/c25-20-3-1-16(2-4-20)12-28-13-17-11-19(15-28)22-6-5-21(24(31)29(22)14-17)27-23(30)18-7-9-26-10-8-18/h1-10,17,19H,11-15H2,(H,27,30)/p+1/t17-,19+/m0/s1. The number of nitrogens with one attached hydrogen (secondary N) is 2. The van der Waals surface area contributed by atoms with Gasteiger partial charge in [0.25, 0.3) is 11.5 Å². The summed E-state index contributed by atoms with van der Waals surface area (Å²) < 4.78 is 15.0. The Balaban J connectivity index is 1.34. The SMILES string of the molecule is O=C(Nc1ccc2n(c1=O)C[C@H]1C[C@@H]2C[NH+](Cc2ccc(F)cc2)C1)c1ccncc1. The number of hydrogen-bond donors (Lipinski definition) is 2. The molecule has 0 spiro atoms. The van der Waals surface area contributed by atoms with Crippen molar-refractivity contribution < 1.29 is 14.1 Å². The average Bonchev–Trinajstić information content (AvgIpc) is 2.78. The van der Waals surface area contributed by atoms with Crippen LogP contribution in [0.4, 0.5) is 10.1 Å². The van der Waals surface area contributed by atoms with Gasteiger partial charge in [0, 0.05) is 47.6 Å². The van der Waals surface area contributed by atoms with Gasteiger partial charge >= 0.3 is 0 Å². The van der Waals surface area contributed by atoms with Crippen molar-refractivity contribution in [3.05, 3.63) is 93.9 Å². The molecule has 0 radical (unpaired) electrons. The van der Waals surface area contributed by atoms with Gasteiger partial charge in [-0.25, -0.2) is 4.39 Å². The van der Waals surface area contributed by atoms with Crippen LogP contribution in [0.2, 0.25) is 0 Å². The van der Waals surface area contributed by atoms with Gasteiger partial charge < -0.3 is 14.8 Å². The number of fused-ring (bicyclic) bond motifs is 4. The Labute approximate surface area is 179 Å². The second-order valence-electron chi connectivity index (χ2n) is 8.54. The summed E-state index contributed by atoms with van der Waals surface area (Å²) in [5, 5.41) is 2.75. The molecule has 2 N–H and O–H groups in total. The van der Waals surface area contributed by atoms with Crippen molar-refractivity contribution >= 4 is 11.6 Å². The second kappa shape index (κ2) is 8.07. The van der Waals surface area contributed by atoms with E-state index >= 15 is 0 Å². The van der Waals surface area contributed by atoms with E-state index in [2.05, 4.69) is 10.3 Å². The molecule has 7 heteroatoms. The Hall–Kier alpha value is -3.32. The number of likely N-dealkylation sites (tertiary alicyclic amines) is 1. The highest BCUT2D eigenvalue weighted by molar-refractivity contribution is 6.04. The van der Waals surface area contributed by atoms with Crippen LogP contribution in [0.5, 0.6) is 0 Å². The van der Waals surface area contributed by atoms with Gasteiger partial charge in [0.15, 0.2) is 0 Å². The summed E-state index contributed by atoms with van der Waals surface area (Å²) in [5.74, 6) is 0.187. The lowest BCUT2D eigenvalue weighted by Gasteiger charge is -2.40. The largest absolute Gasteiger partial charge is 0.330 e. The number of pyridine rings is 2. The topological polar surface area (TPSA) is 68.4 Å². The number of quaternary nitrogens is 1. The van der Waals surface area contributed by atoms with Crippen LogP contribution in [0, 0.1) is 11.7 Å². The normalized spacial score (nSPS) is 21.9. The second-order valence-corrected chi connectivity index (χ2v) is 8.54. The molecule has 0 saturated carbocycles. The number of aromatic nitrogens is 2. The smallest absolute Gasteiger partial charge is 0.274 e. The molecule has 3 aromatic rings. The van der Waals surface area contributed by atoms with Crippen molar-refractivity contribution in [2.75, 3.05) is 18.4 Å². The number of carbonyl (C=O) groups excluding carboxylic acids is 1. The summed E-state index contributed by atoms with van der Waals surface area (Å²) in [6.07, 6.45) is 4.18. The van der Waals surface area contributed by atoms with Crippen molar-refractivity contribution in [3.8, 4) is 0 Å². The number of halogens is 1. The molecule has 0 aliphatic carbocycles. The summed E-state index contributed by atoms with van der Waals surface area (Å²) in [4.78, 5) is 30.9. The van der Waals surface area contributed by atoms with Gasteiger partial charge in [0.05, 0.1) is 13.1 Å².